The van der Waals surface area contributed by atoms with Crippen molar-refractivity contribution < 1.29 is 9.13 Å². The van der Waals surface area contributed by atoms with Gasteiger partial charge in [0.25, 0.3) is 0 Å². The van der Waals surface area contributed by atoms with Gasteiger partial charge in [-0.1, -0.05) is 35.9 Å². The van der Waals surface area contributed by atoms with Crippen molar-refractivity contribution in [3.63, 3.8) is 0 Å². The molecule has 0 spiro atoms. The van der Waals surface area contributed by atoms with E-state index in [2.05, 4.69) is 51.3 Å². The van der Waals surface area contributed by atoms with Crippen LogP contribution in [-0.2, 0) is 13.0 Å². The highest BCUT2D eigenvalue weighted by Crippen LogP contribution is 2.41. The minimum absolute atomic E-state index is 0.230. The average Bonchev–Trinajstić information content (AvgIpc) is 3.67. The largest absolute Gasteiger partial charge is 0.461 e. The summed E-state index contributed by atoms with van der Waals surface area (Å²) in [6, 6.07) is 13.2. The zero-order chi connectivity index (χ0) is 26.6. The van der Waals surface area contributed by atoms with Gasteiger partial charge in [0, 0.05) is 55.8 Å². The van der Waals surface area contributed by atoms with Crippen molar-refractivity contribution in [1.82, 2.24) is 20.2 Å². The maximum Gasteiger partial charge on any atom is 0.318 e. The standard InChI is InChI=1S/C30H36ClFN6O/c1-36(22-9-12-33-16-22)28-23-10-14-37(26-8-3-6-20-5-2-7-24(31)27(20)26)18-25(23)34-29(35-28)39-19-30-11-4-13-38(30)17-21(32)15-30/h2-3,5-8,21-22,33H,4,9-19H2,1H3/t21-,22-,30+/m1/s1. The van der Waals surface area contributed by atoms with Crippen LogP contribution in [0.5, 0.6) is 6.01 Å². The number of hydrogen-bond acceptors (Lipinski definition) is 7. The molecule has 0 radical (unpaired) electrons. The molecule has 0 bridgehead atoms. The first-order valence-electron chi connectivity index (χ1n) is 14.3. The van der Waals surface area contributed by atoms with Gasteiger partial charge in [-0.15, -0.1) is 0 Å². The van der Waals surface area contributed by atoms with Gasteiger partial charge in [0.15, 0.2) is 0 Å². The lowest BCUT2D eigenvalue weighted by molar-refractivity contribution is 0.107. The van der Waals surface area contributed by atoms with Crippen LogP contribution in [0.4, 0.5) is 15.9 Å². The molecule has 39 heavy (non-hydrogen) atoms. The predicted octanol–water partition coefficient (Wildman–Crippen LogP) is 4.60. The Morgan fingerprint density at radius 2 is 2.08 bits per heavy atom. The number of likely N-dealkylation sites (N-methyl/N-ethyl adjacent to an activating group) is 1. The number of benzene rings is 2. The zero-order valence-electron chi connectivity index (χ0n) is 22.5. The Morgan fingerprint density at radius 3 is 2.92 bits per heavy atom. The van der Waals surface area contributed by atoms with Gasteiger partial charge >= 0.3 is 6.01 Å². The Bertz CT molecular complexity index is 1380. The van der Waals surface area contributed by atoms with Crippen molar-refractivity contribution in [3.8, 4) is 6.01 Å². The molecule has 7 rings (SSSR count). The lowest BCUT2D eigenvalue weighted by Gasteiger charge is -2.35. The fourth-order valence-corrected chi connectivity index (χ4v) is 7.56. The molecule has 1 aromatic heterocycles. The second-order valence-corrected chi connectivity index (χ2v) is 12.1. The average molecular weight is 551 g/mol. The van der Waals surface area contributed by atoms with E-state index in [1.54, 1.807) is 0 Å². The Morgan fingerprint density at radius 1 is 1.21 bits per heavy atom. The highest BCUT2D eigenvalue weighted by molar-refractivity contribution is 6.36. The van der Waals surface area contributed by atoms with Crippen molar-refractivity contribution >= 4 is 33.9 Å². The van der Waals surface area contributed by atoms with Gasteiger partial charge < -0.3 is 19.9 Å². The molecule has 0 saturated carbocycles. The highest BCUT2D eigenvalue weighted by atomic mass is 35.5. The van der Waals surface area contributed by atoms with E-state index in [1.807, 2.05) is 12.1 Å². The molecule has 4 aliphatic rings. The molecule has 2 aromatic carbocycles. The number of hydrogen-bond donors (Lipinski definition) is 1. The summed E-state index contributed by atoms with van der Waals surface area (Å²) in [6.07, 6.45) is 3.74. The third-order valence-electron chi connectivity index (χ3n) is 9.34. The van der Waals surface area contributed by atoms with Crippen molar-refractivity contribution in [2.45, 2.75) is 56.4 Å². The van der Waals surface area contributed by atoms with Crippen LogP contribution in [-0.4, -0.2) is 79.0 Å². The number of nitrogens with one attached hydrogen (secondary N) is 1. The van der Waals surface area contributed by atoms with Crippen LogP contribution in [0.1, 0.15) is 36.9 Å². The molecule has 3 saturated heterocycles. The monoisotopic (exact) mass is 550 g/mol. The summed E-state index contributed by atoms with van der Waals surface area (Å²) in [5, 5.41) is 6.45. The summed E-state index contributed by atoms with van der Waals surface area (Å²) in [7, 11) is 2.14. The molecule has 1 N–H and O–H groups in total. The molecule has 9 heteroatoms. The van der Waals surface area contributed by atoms with Crippen molar-refractivity contribution in [2.24, 2.45) is 0 Å². The first kappa shape index (κ1) is 25.3. The summed E-state index contributed by atoms with van der Waals surface area (Å²) < 4.78 is 20.8. The van der Waals surface area contributed by atoms with Crippen LogP contribution >= 0.6 is 11.6 Å². The lowest BCUT2D eigenvalue weighted by Crippen LogP contribution is -2.43. The van der Waals surface area contributed by atoms with E-state index in [-0.39, 0.29) is 5.54 Å². The van der Waals surface area contributed by atoms with Crippen molar-refractivity contribution in [1.29, 1.82) is 0 Å². The molecule has 0 aliphatic carbocycles. The number of aromatic nitrogens is 2. The molecule has 0 amide bonds. The Balaban J connectivity index is 1.23. The fraction of sp³-hybridized carbons (Fsp3) is 0.533. The third kappa shape index (κ3) is 4.50. The van der Waals surface area contributed by atoms with Gasteiger partial charge in [-0.25, -0.2) is 4.39 Å². The molecular formula is C30H36ClFN6O. The summed E-state index contributed by atoms with van der Waals surface area (Å²) >= 11 is 6.69. The molecule has 5 heterocycles. The van der Waals surface area contributed by atoms with Gasteiger partial charge in [0.05, 0.1) is 22.8 Å². The number of halogens is 2. The number of anilines is 2. The molecule has 206 valence electrons. The number of fused-ring (bicyclic) bond motifs is 3. The fourth-order valence-electron chi connectivity index (χ4n) is 7.28. The SMILES string of the molecule is CN(c1nc(OC[C@@]23CCCN2C[C@H](F)C3)nc2c1CCN(c1cccc3cccc(Cl)c13)C2)[C@@H]1CCNC1. The third-order valence-corrected chi connectivity index (χ3v) is 9.66. The van der Waals surface area contributed by atoms with E-state index in [1.165, 1.54) is 5.56 Å². The first-order valence-corrected chi connectivity index (χ1v) is 14.7. The number of ether oxygens (including phenoxy) is 1. The van der Waals surface area contributed by atoms with Crippen molar-refractivity contribution in [2.75, 3.05) is 56.2 Å². The quantitative estimate of drug-likeness (QED) is 0.481. The zero-order valence-corrected chi connectivity index (χ0v) is 23.3. The van der Waals surface area contributed by atoms with Gasteiger partial charge in [-0.05, 0) is 56.3 Å². The Hall–Kier alpha value is -2.68. The van der Waals surface area contributed by atoms with Crippen LogP contribution in [0.3, 0.4) is 0 Å². The highest BCUT2D eigenvalue weighted by Gasteiger charge is 2.49. The second kappa shape index (κ2) is 10.1. The van der Waals surface area contributed by atoms with E-state index in [9.17, 15) is 4.39 Å². The smallest absolute Gasteiger partial charge is 0.318 e. The van der Waals surface area contributed by atoms with E-state index < -0.39 is 6.17 Å². The van der Waals surface area contributed by atoms with Gasteiger partial charge in [-0.2, -0.15) is 9.97 Å². The number of nitrogens with zero attached hydrogens (tertiary/aromatic N) is 5. The lowest BCUT2D eigenvalue weighted by atomic mass is 9.95. The summed E-state index contributed by atoms with van der Waals surface area (Å²) in [4.78, 5) is 16.9. The summed E-state index contributed by atoms with van der Waals surface area (Å²) in [5.41, 5.74) is 3.09. The van der Waals surface area contributed by atoms with Crippen LogP contribution in [0.2, 0.25) is 5.02 Å². The van der Waals surface area contributed by atoms with E-state index in [4.69, 9.17) is 26.3 Å². The van der Waals surface area contributed by atoms with Gasteiger partial charge in [0.2, 0.25) is 0 Å². The summed E-state index contributed by atoms with van der Waals surface area (Å²) in [5.74, 6) is 0.967. The maximum absolute atomic E-state index is 14.4. The van der Waals surface area contributed by atoms with Gasteiger partial charge in [0.1, 0.15) is 18.6 Å². The number of alkyl halides is 1. The maximum atomic E-state index is 14.4. The molecule has 7 nitrogen and oxygen atoms in total. The van der Waals surface area contributed by atoms with Crippen LogP contribution < -0.4 is 19.9 Å². The van der Waals surface area contributed by atoms with E-state index in [0.29, 0.717) is 38.2 Å². The Kier molecular flexibility index (Phi) is 6.52. The molecule has 4 aliphatic heterocycles. The van der Waals surface area contributed by atoms with E-state index >= 15 is 0 Å². The van der Waals surface area contributed by atoms with Gasteiger partial charge in [-0.3, -0.25) is 4.90 Å². The normalized spacial score (nSPS) is 26.7. The molecule has 3 aromatic rings. The van der Waals surface area contributed by atoms with E-state index in [0.717, 1.165) is 84.9 Å². The van der Waals surface area contributed by atoms with Crippen LogP contribution in [0.15, 0.2) is 36.4 Å². The molecule has 3 fully saturated rings. The Labute approximate surface area is 234 Å². The number of rotatable bonds is 6. The second-order valence-electron chi connectivity index (χ2n) is 11.7. The van der Waals surface area contributed by atoms with Crippen LogP contribution in [0.25, 0.3) is 10.8 Å². The molecule has 0 unspecified atom stereocenters. The molecule has 3 atom stereocenters. The topological polar surface area (TPSA) is 56.8 Å². The predicted molar refractivity (Wildman–Crippen MR) is 154 cm³/mol. The molecular weight excluding hydrogens is 515 g/mol. The minimum Gasteiger partial charge on any atom is -0.461 e. The van der Waals surface area contributed by atoms with Crippen LogP contribution in [0, 0.1) is 0 Å². The first-order chi connectivity index (χ1) is 19.0. The van der Waals surface area contributed by atoms with Crippen molar-refractivity contribution in [3.05, 3.63) is 52.7 Å². The minimum atomic E-state index is -0.781. The summed E-state index contributed by atoms with van der Waals surface area (Å²) in [6.45, 7) is 5.38.